The third-order valence-corrected chi connectivity index (χ3v) is 6.17. The Morgan fingerprint density at radius 2 is 1.94 bits per heavy atom. The van der Waals surface area contributed by atoms with E-state index in [1.165, 1.54) is 19.3 Å². The number of halogens is 1. The van der Waals surface area contributed by atoms with Crippen molar-refractivity contribution in [3.05, 3.63) is 71.7 Å². The van der Waals surface area contributed by atoms with Crippen molar-refractivity contribution in [1.82, 2.24) is 34.9 Å². The van der Waals surface area contributed by atoms with Crippen LogP contribution in [0.4, 0.5) is 4.39 Å². The fraction of sp³-hybridized carbons (Fsp3) is 0.280. The number of pyridine rings is 3. The largest absolute Gasteiger partial charge is 0.354 e. The van der Waals surface area contributed by atoms with Crippen LogP contribution in [0.5, 0.6) is 0 Å². The quantitative estimate of drug-likeness (QED) is 0.411. The molecule has 0 radical (unpaired) electrons. The van der Waals surface area contributed by atoms with Gasteiger partial charge in [0.25, 0.3) is 5.91 Å². The Morgan fingerprint density at radius 1 is 1.06 bits per heavy atom. The number of nitrogens with zero attached hydrogens (tertiary/aromatic N) is 6. The van der Waals surface area contributed by atoms with Crippen molar-refractivity contribution in [2.24, 2.45) is 0 Å². The van der Waals surface area contributed by atoms with Gasteiger partial charge in [-0.15, -0.1) is 0 Å². The molecule has 0 saturated heterocycles. The molecule has 0 atom stereocenters. The molecule has 0 spiro atoms. The highest BCUT2D eigenvalue weighted by Gasteiger charge is 2.21. The first kappa shape index (κ1) is 22.7. The summed E-state index contributed by atoms with van der Waals surface area (Å²) < 4.78 is 14.8. The zero-order valence-corrected chi connectivity index (χ0v) is 19.2. The van der Waals surface area contributed by atoms with Gasteiger partial charge in [0.05, 0.1) is 36.6 Å². The van der Waals surface area contributed by atoms with Gasteiger partial charge in [-0.3, -0.25) is 34.1 Å². The summed E-state index contributed by atoms with van der Waals surface area (Å²) in [5, 5.41) is 7.87. The van der Waals surface area contributed by atoms with Crippen LogP contribution in [-0.2, 0) is 19.5 Å². The van der Waals surface area contributed by atoms with E-state index in [1.807, 2.05) is 23.0 Å². The monoisotopic (exact) mass is 473 g/mol. The number of rotatable bonds is 7. The zero-order valence-electron chi connectivity index (χ0n) is 19.2. The van der Waals surface area contributed by atoms with Crippen LogP contribution in [0.1, 0.15) is 32.2 Å². The van der Waals surface area contributed by atoms with Crippen LogP contribution in [-0.4, -0.2) is 68.1 Å². The van der Waals surface area contributed by atoms with Gasteiger partial charge < -0.3 is 5.32 Å². The average molecular weight is 474 g/mol. The van der Waals surface area contributed by atoms with Gasteiger partial charge in [-0.2, -0.15) is 5.10 Å². The Balaban J connectivity index is 1.38. The van der Waals surface area contributed by atoms with Gasteiger partial charge in [0.15, 0.2) is 5.78 Å². The predicted octanol–water partition coefficient (Wildman–Crippen LogP) is 2.46. The second kappa shape index (κ2) is 9.67. The second-order valence-corrected chi connectivity index (χ2v) is 8.40. The average Bonchev–Trinajstić information content (AvgIpc) is 3.31. The lowest BCUT2D eigenvalue weighted by atomic mass is 10.0. The minimum Gasteiger partial charge on any atom is -0.354 e. The summed E-state index contributed by atoms with van der Waals surface area (Å²) in [6.07, 6.45) is 6.79. The molecule has 1 aliphatic heterocycles. The van der Waals surface area contributed by atoms with Crippen LogP contribution in [0.3, 0.4) is 0 Å². The highest BCUT2D eigenvalue weighted by molar-refractivity contribution is 5.98. The molecule has 10 heteroatoms. The van der Waals surface area contributed by atoms with Crippen molar-refractivity contribution in [3.63, 3.8) is 0 Å². The van der Waals surface area contributed by atoms with E-state index in [9.17, 15) is 14.0 Å². The maximum Gasteiger partial charge on any atom is 0.269 e. The number of fused-ring (bicyclic) bond motifs is 2. The van der Waals surface area contributed by atoms with Crippen molar-refractivity contribution < 1.29 is 14.0 Å². The first-order chi connectivity index (χ1) is 17.1. The first-order valence-electron chi connectivity index (χ1n) is 11.3. The molecule has 1 aliphatic rings. The standard InChI is InChI=1S/C25H24FN7O2/c1-27-25(35)21-3-2-16(11-29-21)24(34)10-19-9-17-8-18(12-30-22(17)14-28-19)20-13-31-33-7-6-32(5-4-26)15-23(20)33/h2-3,8-9,11-14H,4-7,10,15H2,1H3,(H,27,35). The number of aromatic nitrogens is 5. The number of alkyl halides is 1. The minimum atomic E-state index is -0.371. The smallest absolute Gasteiger partial charge is 0.269 e. The second-order valence-electron chi connectivity index (χ2n) is 8.40. The van der Waals surface area contributed by atoms with Crippen molar-refractivity contribution in [1.29, 1.82) is 0 Å². The van der Waals surface area contributed by atoms with E-state index in [0.29, 0.717) is 24.3 Å². The van der Waals surface area contributed by atoms with Gasteiger partial charge in [0.2, 0.25) is 0 Å². The first-order valence-corrected chi connectivity index (χ1v) is 11.3. The summed E-state index contributed by atoms with van der Waals surface area (Å²) in [5.74, 6) is -0.450. The van der Waals surface area contributed by atoms with Crippen LogP contribution in [0.25, 0.3) is 22.0 Å². The molecule has 0 unspecified atom stereocenters. The predicted molar refractivity (Wildman–Crippen MR) is 128 cm³/mol. The number of ketones is 1. The van der Waals surface area contributed by atoms with Crippen molar-refractivity contribution in [2.75, 3.05) is 26.8 Å². The lowest BCUT2D eigenvalue weighted by molar-refractivity contribution is 0.0953. The molecular formula is C25H24FN7O2. The fourth-order valence-corrected chi connectivity index (χ4v) is 4.26. The molecule has 5 heterocycles. The molecule has 0 saturated carbocycles. The van der Waals surface area contributed by atoms with E-state index in [-0.39, 0.29) is 30.5 Å². The van der Waals surface area contributed by atoms with E-state index >= 15 is 0 Å². The van der Waals surface area contributed by atoms with Crippen molar-refractivity contribution in [3.8, 4) is 11.1 Å². The van der Waals surface area contributed by atoms with Crippen molar-refractivity contribution in [2.45, 2.75) is 19.5 Å². The molecule has 5 rings (SSSR count). The lowest BCUT2D eigenvalue weighted by Crippen LogP contribution is -2.35. The maximum absolute atomic E-state index is 12.9. The Morgan fingerprint density at radius 3 is 2.71 bits per heavy atom. The summed E-state index contributed by atoms with van der Waals surface area (Å²) >= 11 is 0. The SMILES string of the molecule is CNC(=O)c1ccc(C(=O)Cc2cc3cc(-c4cnn5c4CN(CCF)CC5)cnc3cn2)cn1. The normalized spacial score (nSPS) is 13.5. The Bertz CT molecular complexity index is 1400. The topological polar surface area (TPSA) is 106 Å². The van der Waals surface area contributed by atoms with E-state index in [1.54, 1.807) is 18.5 Å². The molecule has 4 aromatic heterocycles. The van der Waals surface area contributed by atoms with E-state index < -0.39 is 0 Å². The number of hydrogen-bond acceptors (Lipinski definition) is 7. The number of hydrogen-bond donors (Lipinski definition) is 1. The van der Waals surface area contributed by atoms with Crippen LogP contribution in [0.15, 0.2) is 49.1 Å². The van der Waals surface area contributed by atoms with Gasteiger partial charge >= 0.3 is 0 Å². The molecule has 4 aromatic rings. The summed E-state index contributed by atoms with van der Waals surface area (Å²) in [7, 11) is 1.53. The lowest BCUT2D eigenvalue weighted by Gasteiger charge is -2.27. The Kier molecular flexibility index (Phi) is 6.28. The van der Waals surface area contributed by atoms with Gasteiger partial charge in [-0.1, -0.05) is 0 Å². The van der Waals surface area contributed by atoms with Gasteiger partial charge in [-0.05, 0) is 24.3 Å². The Labute approximate surface area is 201 Å². The molecule has 0 aliphatic carbocycles. The molecule has 9 nitrogen and oxygen atoms in total. The Hall–Kier alpha value is -4.05. The molecule has 0 aromatic carbocycles. The van der Waals surface area contributed by atoms with E-state index in [4.69, 9.17) is 0 Å². The van der Waals surface area contributed by atoms with Gasteiger partial charge in [-0.25, -0.2) is 4.39 Å². The summed E-state index contributed by atoms with van der Waals surface area (Å²) in [5.41, 5.74) is 4.93. The van der Waals surface area contributed by atoms with Crippen LogP contribution in [0.2, 0.25) is 0 Å². The van der Waals surface area contributed by atoms with Crippen LogP contribution >= 0.6 is 0 Å². The van der Waals surface area contributed by atoms with E-state index in [2.05, 4.69) is 30.3 Å². The number of carbonyl (C=O) groups excluding carboxylic acids is 2. The molecule has 178 valence electrons. The summed E-state index contributed by atoms with van der Waals surface area (Å²) in [6.45, 7) is 2.18. The molecule has 1 amide bonds. The number of Topliss-reactive ketones (excluding diaryl/α,β-unsaturated/α-hetero) is 1. The summed E-state index contributed by atoms with van der Waals surface area (Å²) in [4.78, 5) is 39.5. The molecule has 0 bridgehead atoms. The minimum absolute atomic E-state index is 0.0997. The van der Waals surface area contributed by atoms with Gasteiger partial charge in [0.1, 0.15) is 12.4 Å². The van der Waals surface area contributed by atoms with Crippen molar-refractivity contribution >= 4 is 22.6 Å². The highest BCUT2D eigenvalue weighted by Crippen LogP contribution is 2.28. The number of amides is 1. The molecule has 1 N–H and O–H groups in total. The zero-order chi connectivity index (χ0) is 24.4. The van der Waals surface area contributed by atoms with Crippen LogP contribution < -0.4 is 5.32 Å². The number of nitrogens with one attached hydrogen (secondary N) is 1. The number of carbonyl (C=O) groups is 2. The molecule has 0 fully saturated rings. The highest BCUT2D eigenvalue weighted by atomic mass is 19.1. The van der Waals surface area contributed by atoms with Crippen LogP contribution in [0, 0.1) is 0 Å². The maximum atomic E-state index is 12.9. The van der Waals surface area contributed by atoms with Gasteiger partial charge in [0, 0.05) is 66.8 Å². The third-order valence-electron chi connectivity index (χ3n) is 6.17. The van der Waals surface area contributed by atoms with E-state index in [0.717, 1.165) is 40.8 Å². The third kappa shape index (κ3) is 4.65. The fourth-order valence-electron chi connectivity index (χ4n) is 4.26. The summed E-state index contributed by atoms with van der Waals surface area (Å²) in [6, 6.07) is 7.00. The molecule has 35 heavy (non-hydrogen) atoms. The molecular weight excluding hydrogens is 449 g/mol.